The van der Waals surface area contributed by atoms with Crippen molar-refractivity contribution in [3.8, 4) is 0 Å². The molecular weight excluding hydrogens is 377 g/mol. The van der Waals surface area contributed by atoms with E-state index < -0.39 is 0 Å². The number of rotatable bonds is 4. The number of para-hydroxylation sites is 2. The third kappa shape index (κ3) is 6.89. The Morgan fingerprint density at radius 1 is 1.16 bits per heavy atom. The fourth-order valence-corrected chi connectivity index (χ4v) is 4.29. The van der Waals surface area contributed by atoms with Crippen LogP contribution in [-0.4, -0.2) is 43.1 Å². The van der Waals surface area contributed by atoms with E-state index in [9.17, 15) is 4.79 Å². The van der Waals surface area contributed by atoms with Crippen LogP contribution in [0.2, 0.25) is 0 Å². The van der Waals surface area contributed by atoms with E-state index in [1.807, 2.05) is 23.9 Å². The topological polar surface area (TPSA) is 44.4 Å². The number of carbonyl (C=O) groups excluding carboxylic acids is 1. The van der Waals surface area contributed by atoms with Gasteiger partial charge in [-0.15, -0.1) is 24.8 Å². The molecule has 2 N–H and O–H groups in total. The van der Waals surface area contributed by atoms with E-state index in [-0.39, 0.29) is 30.7 Å². The van der Waals surface area contributed by atoms with Gasteiger partial charge in [0.2, 0.25) is 5.91 Å². The molecule has 1 aromatic carbocycles. The first-order valence-electron chi connectivity index (χ1n) is 8.78. The average Bonchev–Trinajstić information content (AvgIpc) is 2.85. The van der Waals surface area contributed by atoms with E-state index in [0.717, 1.165) is 36.8 Å². The van der Waals surface area contributed by atoms with Gasteiger partial charge in [0.05, 0.1) is 11.4 Å². The van der Waals surface area contributed by atoms with E-state index in [2.05, 4.69) is 27.7 Å². The average molecular weight is 406 g/mol. The third-order valence-corrected chi connectivity index (χ3v) is 5.69. The molecule has 25 heavy (non-hydrogen) atoms. The minimum absolute atomic E-state index is 0. The summed E-state index contributed by atoms with van der Waals surface area (Å²) in [6.07, 6.45) is 5.67. The Morgan fingerprint density at radius 2 is 1.88 bits per heavy atom. The summed E-state index contributed by atoms with van der Waals surface area (Å²) in [5, 5.41) is 6.58. The van der Waals surface area contributed by atoms with Gasteiger partial charge in [-0.25, -0.2) is 0 Å². The Morgan fingerprint density at radius 3 is 2.56 bits per heavy atom. The van der Waals surface area contributed by atoms with Crippen LogP contribution in [0.1, 0.15) is 32.1 Å². The van der Waals surface area contributed by atoms with Crippen LogP contribution in [0.3, 0.4) is 0 Å². The molecular formula is C18H29Cl2N3OS. The van der Waals surface area contributed by atoms with Crippen molar-refractivity contribution in [2.75, 3.05) is 41.4 Å². The van der Waals surface area contributed by atoms with Crippen molar-refractivity contribution >= 4 is 53.9 Å². The number of thioether (sulfide) groups is 1. The zero-order valence-electron chi connectivity index (χ0n) is 14.5. The second-order valence-electron chi connectivity index (χ2n) is 6.40. The van der Waals surface area contributed by atoms with Crippen molar-refractivity contribution in [1.29, 1.82) is 0 Å². The molecule has 2 saturated heterocycles. The molecule has 1 atom stereocenters. The molecule has 2 aliphatic heterocycles. The monoisotopic (exact) mass is 405 g/mol. The van der Waals surface area contributed by atoms with E-state index in [1.54, 1.807) is 0 Å². The van der Waals surface area contributed by atoms with Gasteiger partial charge in [-0.1, -0.05) is 25.0 Å². The molecule has 142 valence electrons. The van der Waals surface area contributed by atoms with Crippen molar-refractivity contribution < 1.29 is 4.79 Å². The quantitative estimate of drug-likeness (QED) is 0.795. The minimum Gasteiger partial charge on any atom is -0.370 e. The first-order valence-corrected chi connectivity index (χ1v) is 9.93. The highest BCUT2D eigenvalue weighted by Gasteiger charge is 2.19. The maximum Gasteiger partial charge on any atom is 0.226 e. The Balaban J connectivity index is 0.00000156. The zero-order valence-corrected chi connectivity index (χ0v) is 17.0. The smallest absolute Gasteiger partial charge is 0.226 e. The number of hydrogen-bond donors (Lipinski definition) is 2. The lowest BCUT2D eigenvalue weighted by atomic mass is 10.2. The molecule has 2 heterocycles. The van der Waals surface area contributed by atoms with Crippen LogP contribution in [-0.2, 0) is 4.79 Å². The Bertz CT molecular complexity index is 519. The predicted molar refractivity (Wildman–Crippen MR) is 114 cm³/mol. The van der Waals surface area contributed by atoms with Crippen LogP contribution in [0.25, 0.3) is 0 Å². The summed E-state index contributed by atoms with van der Waals surface area (Å²) in [6.45, 7) is 3.19. The number of nitrogens with one attached hydrogen (secondary N) is 2. The largest absolute Gasteiger partial charge is 0.370 e. The second-order valence-corrected chi connectivity index (χ2v) is 7.55. The summed E-state index contributed by atoms with van der Waals surface area (Å²) in [7, 11) is 0. The molecule has 0 radical (unpaired) electrons. The number of halogens is 2. The lowest BCUT2D eigenvalue weighted by Gasteiger charge is -2.26. The summed E-state index contributed by atoms with van der Waals surface area (Å²) >= 11 is 1.93. The molecule has 2 aliphatic rings. The number of hydrogen-bond acceptors (Lipinski definition) is 4. The van der Waals surface area contributed by atoms with E-state index in [4.69, 9.17) is 0 Å². The van der Waals surface area contributed by atoms with Gasteiger partial charge >= 0.3 is 0 Å². The van der Waals surface area contributed by atoms with E-state index >= 15 is 0 Å². The lowest BCUT2D eigenvalue weighted by Crippen LogP contribution is -2.40. The van der Waals surface area contributed by atoms with Crippen LogP contribution in [0.5, 0.6) is 0 Å². The predicted octanol–water partition coefficient (Wildman–Crippen LogP) is 3.94. The normalized spacial score (nSPS) is 20.6. The number of anilines is 2. The van der Waals surface area contributed by atoms with E-state index in [1.165, 1.54) is 31.4 Å². The van der Waals surface area contributed by atoms with Crippen LogP contribution in [0.4, 0.5) is 11.4 Å². The Hall–Kier alpha value is -0.620. The van der Waals surface area contributed by atoms with Gasteiger partial charge in [0.15, 0.2) is 0 Å². The number of benzene rings is 1. The van der Waals surface area contributed by atoms with Crippen LogP contribution >= 0.6 is 36.6 Å². The second kappa shape index (κ2) is 11.9. The van der Waals surface area contributed by atoms with Gasteiger partial charge in [0.25, 0.3) is 0 Å². The fraction of sp³-hybridized carbons (Fsp3) is 0.611. The van der Waals surface area contributed by atoms with Crippen molar-refractivity contribution in [2.45, 2.75) is 38.1 Å². The maximum atomic E-state index is 12.4. The molecule has 1 aromatic rings. The van der Waals surface area contributed by atoms with Crippen LogP contribution < -0.4 is 15.5 Å². The van der Waals surface area contributed by atoms with Crippen molar-refractivity contribution in [1.82, 2.24) is 5.32 Å². The summed E-state index contributed by atoms with van der Waals surface area (Å²) < 4.78 is 0. The highest BCUT2D eigenvalue weighted by Crippen LogP contribution is 2.28. The van der Waals surface area contributed by atoms with Gasteiger partial charge in [0.1, 0.15) is 0 Å². The fourth-order valence-electron chi connectivity index (χ4n) is 3.34. The Kier molecular flexibility index (Phi) is 10.7. The zero-order chi connectivity index (χ0) is 15.9. The highest BCUT2D eigenvalue weighted by atomic mass is 35.5. The SMILES string of the molecule is Cl.Cl.O=C(CC1CSCCN1)Nc1ccccc1N1CCCCCC1. The summed E-state index contributed by atoms with van der Waals surface area (Å²) in [6, 6.07) is 8.54. The van der Waals surface area contributed by atoms with Crippen molar-refractivity contribution in [3.63, 3.8) is 0 Å². The van der Waals surface area contributed by atoms with Gasteiger partial charge in [0, 0.05) is 43.6 Å². The molecule has 0 saturated carbocycles. The molecule has 2 fully saturated rings. The summed E-state index contributed by atoms with van der Waals surface area (Å²) in [5.41, 5.74) is 2.14. The van der Waals surface area contributed by atoms with Gasteiger partial charge < -0.3 is 15.5 Å². The molecule has 0 bridgehead atoms. The summed E-state index contributed by atoms with van der Waals surface area (Å²) in [5.74, 6) is 2.30. The highest BCUT2D eigenvalue weighted by molar-refractivity contribution is 7.99. The molecule has 3 rings (SSSR count). The maximum absolute atomic E-state index is 12.4. The minimum atomic E-state index is 0. The molecule has 4 nitrogen and oxygen atoms in total. The van der Waals surface area contributed by atoms with Crippen LogP contribution in [0.15, 0.2) is 24.3 Å². The number of amides is 1. The molecule has 1 unspecified atom stereocenters. The first-order chi connectivity index (χ1) is 11.3. The van der Waals surface area contributed by atoms with E-state index in [0.29, 0.717) is 12.5 Å². The lowest BCUT2D eigenvalue weighted by molar-refractivity contribution is -0.116. The number of nitrogens with zero attached hydrogens (tertiary/aromatic N) is 1. The molecule has 1 amide bonds. The molecule has 0 aromatic heterocycles. The van der Waals surface area contributed by atoms with Gasteiger partial charge in [-0.05, 0) is 25.0 Å². The molecule has 0 aliphatic carbocycles. The van der Waals surface area contributed by atoms with Crippen LogP contribution in [0, 0.1) is 0 Å². The Labute approximate surface area is 167 Å². The van der Waals surface area contributed by atoms with Gasteiger partial charge in [-0.3, -0.25) is 4.79 Å². The van der Waals surface area contributed by atoms with Crippen molar-refractivity contribution in [3.05, 3.63) is 24.3 Å². The number of carbonyl (C=O) groups is 1. The van der Waals surface area contributed by atoms with Gasteiger partial charge in [-0.2, -0.15) is 11.8 Å². The molecule has 0 spiro atoms. The first kappa shape index (κ1) is 22.4. The van der Waals surface area contributed by atoms with Crippen molar-refractivity contribution in [2.24, 2.45) is 0 Å². The third-order valence-electron chi connectivity index (χ3n) is 4.56. The standard InChI is InChI=1S/C18H27N3OS.2ClH/c22-18(13-15-14-23-12-9-19-15)20-16-7-3-4-8-17(16)21-10-5-1-2-6-11-21;;/h3-4,7-8,15,19H,1-2,5-6,9-14H2,(H,20,22);2*1H. The molecule has 7 heteroatoms. The summed E-state index contributed by atoms with van der Waals surface area (Å²) in [4.78, 5) is 14.8.